The fourth-order valence-electron chi connectivity index (χ4n) is 3.33. The van der Waals surface area contributed by atoms with Crippen LogP contribution in [0, 0.1) is 0 Å². The number of aryl methyl sites for hydroxylation is 1. The van der Waals surface area contributed by atoms with Crippen LogP contribution in [0.1, 0.15) is 33.0 Å². The summed E-state index contributed by atoms with van der Waals surface area (Å²) in [7, 11) is 0. The Morgan fingerprint density at radius 1 is 1.29 bits per heavy atom. The summed E-state index contributed by atoms with van der Waals surface area (Å²) in [6.07, 6.45) is 1.44. The van der Waals surface area contributed by atoms with Crippen molar-refractivity contribution in [1.82, 2.24) is 4.90 Å². The van der Waals surface area contributed by atoms with E-state index >= 15 is 0 Å². The minimum atomic E-state index is -3.46. The largest absolute Gasteiger partial charge is 0.477 e. The van der Waals surface area contributed by atoms with Gasteiger partial charge in [-0.05, 0) is 25.0 Å². The van der Waals surface area contributed by atoms with Gasteiger partial charge in [0.25, 0.3) is 0 Å². The molecule has 0 bridgehead atoms. The van der Waals surface area contributed by atoms with Gasteiger partial charge in [-0.25, -0.2) is 9.59 Å². The molecule has 0 spiro atoms. The van der Waals surface area contributed by atoms with Crippen LogP contribution in [-0.4, -0.2) is 52.5 Å². The summed E-state index contributed by atoms with van der Waals surface area (Å²) in [5.41, 5.74) is -0.288. The number of thiophene rings is 1. The van der Waals surface area contributed by atoms with E-state index in [0.717, 1.165) is 11.0 Å². The van der Waals surface area contributed by atoms with Crippen molar-refractivity contribution in [3.63, 3.8) is 0 Å². The average Bonchev–Trinajstić information content (AvgIpc) is 3.23. The number of alkyl halides is 2. The number of carbonyl (C=O) groups excluding carboxylic acids is 1. The number of aliphatic hydroxyl groups excluding tert-OH is 1. The third-order valence-corrected chi connectivity index (χ3v) is 6.15. The second-order valence-electron chi connectivity index (χ2n) is 7.16. The van der Waals surface area contributed by atoms with E-state index in [1.165, 1.54) is 52.6 Å². The summed E-state index contributed by atoms with van der Waals surface area (Å²) >= 11 is 1.18. The number of aromatic carboxylic acids is 1. The van der Waals surface area contributed by atoms with Gasteiger partial charge in [0.2, 0.25) is 0 Å². The van der Waals surface area contributed by atoms with Crippen LogP contribution in [0.25, 0.3) is 0 Å². The fraction of sp³-hybridized carbons (Fsp3) is 0.364. The third-order valence-electron chi connectivity index (χ3n) is 5.01. The van der Waals surface area contributed by atoms with Crippen LogP contribution >= 0.6 is 11.3 Å². The maximum absolute atomic E-state index is 14.5. The predicted octanol–water partition coefficient (Wildman–Crippen LogP) is 4.30. The monoisotopic (exact) mass is 451 g/mol. The molecule has 31 heavy (non-hydrogen) atoms. The smallest absolute Gasteiger partial charge is 0.410 e. The highest BCUT2D eigenvalue weighted by Crippen LogP contribution is 2.32. The summed E-state index contributed by atoms with van der Waals surface area (Å²) in [6.45, 7) is 0.488. The van der Waals surface area contributed by atoms with Crippen LogP contribution < -0.4 is 0 Å². The second kappa shape index (κ2) is 10.0. The molecule has 0 aliphatic carbocycles. The van der Waals surface area contributed by atoms with Crippen molar-refractivity contribution in [2.45, 2.75) is 37.3 Å². The first kappa shape index (κ1) is 22.9. The minimum Gasteiger partial charge on any atom is -0.477 e. The summed E-state index contributed by atoms with van der Waals surface area (Å²) < 4.78 is 34.0. The Kier molecular flexibility index (Phi) is 7.40. The zero-order valence-corrected chi connectivity index (χ0v) is 17.4. The predicted molar refractivity (Wildman–Crippen MR) is 112 cm³/mol. The van der Waals surface area contributed by atoms with Crippen LogP contribution in [0.3, 0.4) is 0 Å². The number of rotatable bonds is 9. The molecule has 1 aromatic heterocycles. The van der Waals surface area contributed by atoms with Crippen molar-refractivity contribution < 1.29 is 33.3 Å². The normalized spacial score (nSPS) is 18.2. The van der Waals surface area contributed by atoms with E-state index in [4.69, 9.17) is 9.84 Å². The van der Waals surface area contributed by atoms with Gasteiger partial charge < -0.3 is 19.8 Å². The van der Waals surface area contributed by atoms with E-state index in [1.54, 1.807) is 12.1 Å². The minimum absolute atomic E-state index is 0.169. The number of carboxylic acid groups (broad SMARTS) is 1. The Morgan fingerprint density at radius 2 is 2.03 bits per heavy atom. The van der Waals surface area contributed by atoms with Gasteiger partial charge in [-0.3, -0.25) is 0 Å². The zero-order chi connectivity index (χ0) is 22.4. The van der Waals surface area contributed by atoms with Gasteiger partial charge in [0.15, 0.2) is 0 Å². The molecular weight excluding hydrogens is 428 g/mol. The van der Waals surface area contributed by atoms with Gasteiger partial charge >= 0.3 is 18.0 Å². The standard InChI is InChI=1S/C22H23F2NO5S/c23-22(24,15-5-2-1-3-6-15)19(26)11-8-16-12-14-30-21(29)25(16)13-4-7-17-9-10-18(31-17)20(27)28/h1-3,5-6,8-11,16,19,26H,4,7,12-14H2,(H,27,28)/b11-8+/t16-,19+/m0/s1. The maximum Gasteiger partial charge on any atom is 0.410 e. The summed E-state index contributed by atoms with van der Waals surface area (Å²) in [5.74, 6) is -4.44. The van der Waals surface area contributed by atoms with Gasteiger partial charge in [-0.2, -0.15) is 8.78 Å². The Labute approximate surface area is 182 Å². The number of aliphatic hydroxyl groups is 1. The summed E-state index contributed by atoms with van der Waals surface area (Å²) in [5, 5.41) is 19.1. The number of amides is 1. The number of carbonyl (C=O) groups is 2. The van der Waals surface area contributed by atoms with Crippen LogP contribution in [0.15, 0.2) is 54.6 Å². The molecule has 1 saturated heterocycles. The van der Waals surface area contributed by atoms with Gasteiger partial charge in [-0.1, -0.05) is 42.5 Å². The first-order valence-corrected chi connectivity index (χ1v) is 10.7. The fourth-order valence-corrected chi connectivity index (χ4v) is 4.22. The first-order valence-electron chi connectivity index (χ1n) is 9.84. The number of benzene rings is 1. The lowest BCUT2D eigenvalue weighted by molar-refractivity contribution is -0.0930. The Bertz CT molecular complexity index is 931. The van der Waals surface area contributed by atoms with E-state index in [2.05, 4.69) is 0 Å². The van der Waals surface area contributed by atoms with Gasteiger partial charge in [0, 0.05) is 23.4 Å². The van der Waals surface area contributed by atoms with Crippen molar-refractivity contribution in [1.29, 1.82) is 0 Å². The number of hydrogen-bond acceptors (Lipinski definition) is 5. The molecule has 1 aromatic carbocycles. The van der Waals surface area contributed by atoms with E-state index < -0.39 is 30.1 Å². The van der Waals surface area contributed by atoms with Gasteiger partial charge in [0.1, 0.15) is 11.0 Å². The van der Waals surface area contributed by atoms with Crippen LogP contribution in [0.2, 0.25) is 0 Å². The van der Waals surface area contributed by atoms with E-state index in [1.807, 2.05) is 0 Å². The van der Waals surface area contributed by atoms with Crippen molar-refractivity contribution in [2.24, 2.45) is 0 Å². The molecule has 0 radical (unpaired) electrons. The highest BCUT2D eigenvalue weighted by Gasteiger charge is 2.39. The molecule has 1 aliphatic rings. The maximum atomic E-state index is 14.5. The Balaban J connectivity index is 1.61. The third kappa shape index (κ3) is 5.68. The average molecular weight is 451 g/mol. The number of nitrogens with zero attached hydrogens (tertiary/aromatic N) is 1. The van der Waals surface area contributed by atoms with E-state index in [9.17, 15) is 23.5 Å². The van der Waals surface area contributed by atoms with Crippen molar-refractivity contribution in [3.05, 3.63) is 69.9 Å². The van der Waals surface area contributed by atoms with Crippen molar-refractivity contribution in [2.75, 3.05) is 13.2 Å². The number of carboxylic acids is 1. The molecule has 2 aromatic rings. The molecule has 1 amide bonds. The molecule has 2 atom stereocenters. The molecule has 6 nitrogen and oxygen atoms in total. The summed E-state index contributed by atoms with van der Waals surface area (Å²) in [6, 6.07) is 9.88. The Morgan fingerprint density at radius 3 is 2.71 bits per heavy atom. The van der Waals surface area contributed by atoms with Crippen LogP contribution in [0.4, 0.5) is 13.6 Å². The lowest BCUT2D eigenvalue weighted by Crippen LogP contribution is -2.45. The molecule has 2 N–H and O–H groups in total. The lowest BCUT2D eigenvalue weighted by atomic mass is 10.0. The number of cyclic esters (lactones) is 1. The SMILES string of the molecule is O=C(O)c1ccc(CCCN2C(=O)OCC[C@@H]2/C=C/[C@@H](O)C(F)(F)c2ccccc2)s1. The quantitative estimate of drug-likeness (QED) is 0.555. The second-order valence-corrected chi connectivity index (χ2v) is 8.33. The van der Waals surface area contributed by atoms with Gasteiger partial charge in [-0.15, -0.1) is 11.3 Å². The van der Waals surface area contributed by atoms with Crippen LogP contribution in [-0.2, 0) is 17.1 Å². The van der Waals surface area contributed by atoms with Crippen molar-refractivity contribution in [3.8, 4) is 0 Å². The van der Waals surface area contributed by atoms with Gasteiger partial charge in [0.05, 0.1) is 12.6 Å². The Hall–Kier alpha value is -2.78. The molecule has 0 saturated carbocycles. The van der Waals surface area contributed by atoms with E-state index in [0.29, 0.717) is 25.8 Å². The van der Waals surface area contributed by atoms with Crippen molar-refractivity contribution >= 4 is 23.4 Å². The molecular formula is C22H23F2NO5S. The number of ether oxygens (including phenoxy) is 1. The molecule has 0 unspecified atom stereocenters. The molecule has 9 heteroatoms. The topological polar surface area (TPSA) is 87.1 Å². The molecule has 2 heterocycles. The zero-order valence-electron chi connectivity index (χ0n) is 16.6. The molecule has 3 rings (SSSR count). The number of halogens is 2. The molecule has 166 valence electrons. The molecule has 1 aliphatic heterocycles. The van der Waals surface area contributed by atoms with Crippen LogP contribution in [0.5, 0.6) is 0 Å². The highest BCUT2D eigenvalue weighted by molar-refractivity contribution is 7.13. The van der Waals surface area contributed by atoms with E-state index in [-0.39, 0.29) is 17.0 Å². The number of hydrogen-bond donors (Lipinski definition) is 2. The molecule has 1 fully saturated rings. The highest BCUT2D eigenvalue weighted by atomic mass is 32.1. The lowest BCUT2D eigenvalue weighted by Gasteiger charge is -2.33. The first-order chi connectivity index (χ1) is 14.8. The summed E-state index contributed by atoms with van der Waals surface area (Å²) in [4.78, 5) is 25.7.